The number of aromatic nitrogens is 1. The molecule has 1 aromatic heterocycles. The third-order valence-corrected chi connectivity index (χ3v) is 2.78. The number of fused-ring (bicyclic) bond motifs is 1. The first-order valence-corrected chi connectivity index (χ1v) is 5.49. The first-order valence-electron chi connectivity index (χ1n) is 5.49. The van der Waals surface area contributed by atoms with Crippen molar-refractivity contribution in [1.29, 1.82) is 0 Å². The maximum absolute atomic E-state index is 12.1. The Balaban J connectivity index is 2.85. The molecular weight excluding hydrogens is 250 g/mol. The van der Waals surface area contributed by atoms with Crippen molar-refractivity contribution in [3.8, 4) is 0 Å². The zero-order valence-electron chi connectivity index (χ0n) is 10.1. The number of aromatic carboxylic acids is 1. The van der Waals surface area contributed by atoms with Gasteiger partial charge in [0, 0.05) is 5.39 Å². The first-order chi connectivity index (χ1) is 8.90. The van der Waals surface area contributed by atoms with Crippen LogP contribution in [0.25, 0.3) is 10.8 Å². The van der Waals surface area contributed by atoms with E-state index in [1.807, 2.05) is 6.92 Å². The summed E-state index contributed by atoms with van der Waals surface area (Å²) in [5.74, 6) is -2.60. The topological polar surface area (TPSA) is 96.6 Å². The van der Waals surface area contributed by atoms with Crippen LogP contribution in [0.1, 0.15) is 16.1 Å². The number of benzene rings is 1. The zero-order chi connectivity index (χ0) is 14.2. The van der Waals surface area contributed by atoms with Crippen molar-refractivity contribution in [2.75, 3.05) is 0 Å². The quantitative estimate of drug-likeness (QED) is 0.862. The Hall–Kier alpha value is -2.63. The van der Waals surface area contributed by atoms with Crippen molar-refractivity contribution in [2.45, 2.75) is 13.5 Å². The summed E-state index contributed by atoms with van der Waals surface area (Å²) >= 11 is 0. The minimum absolute atomic E-state index is 0.303. The Morgan fingerprint density at radius 3 is 2.47 bits per heavy atom. The van der Waals surface area contributed by atoms with E-state index >= 15 is 0 Å². The summed E-state index contributed by atoms with van der Waals surface area (Å²) in [6.07, 6.45) is 0. The number of rotatable bonds is 3. The number of hydrogen-bond acceptors (Lipinski definition) is 3. The van der Waals surface area contributed by atoms with E-state index in [4.69, 9.17) is 10.2 Å². The number of hydrogen-bond donors (Lipinski definition) is 2. The first kappa shape index (κ1) is 12.8. The van der Waals surface area contributed by atoms with Gasteiger partial charge in [0.2, 0.25) is 0 Å². The fourth-order valence-electron chi connectivity index (χ4n) is 1.95. The molecule has 2 N–H and O–H groups in total. The fourth-order valence-corrected chi connectivity index (χ4v) is 1.95. The number of carbonyl (C=O) groups is 2. The second-order valence-corrected chi connectivity index (χ2v) is 4.21. The van der Waals surface area contributed by atoms with Crippen LogP contribution < -0.4 is 5.56 Å². The normalized spacial score (nSPS) is 10.6. The molecule has 0 aliphatic heterocycles. The van der Waals surface area contributed by atoms with Crippen LogP contribution in [0.2, 0.25) is 0 Å². The molecule has 6 nitrogen and oxygen atoms in total. The Labute approximate surface area is 107 Å². The van der Waals surface area contributed by atoms with Crippen LogP contribution in [0.15, 0.2) is 29.1 Å². The summed E-state index contributed by atoms with van der Waals surface area (Å²) in [4.78, 5) is 34.0. The highest BCUT2D eigenvalue weighted by Gasteiger charge is 2.16. The van der Waals surface area contributed by atoms with E-state index in [-0.39, 0.29) is 5.69 Å². The highest BCUT2D eigenvalue weighted by atomic mass is 16.4. The molecule has 6 heteroatoms. The summed E-state index contributed by atoms with van der Waals surface area (Å²) in [6, 6.07) is 6.29. The Morgan fingerprint density at radius 2 is 1.89 bits per heavy atom. The van der Waals surface area contributed by atoms with Crippen molar-refractivity contribution in [3.63, 3.8) is 0 Å². The van der Waals surface area contributed by atoms with Gasteiger partial charge in [-0.05, 0) is 24.4 Å². The molecule has 0 bridgehead atoms. The largest absolute Gasteiger partial charge is 0.480 e. The summed E-state index contributed by atoms with van der Waals surface area (Å²) in [7, 11) is 0. The van der Waals surface area contributed by atoms with E-state index in [1.54, 1.807) is 18.2 Å². The Kier molecular flexibility index (Phi) is 3.08. The number of aryl methyl sites for hydroxylation is 1. The SMILES string of the molecule is Cc1ccc2c(=O)n(CC(=O)O)c(C(=O)O)cc2c1. The molecule has 19 heavy (non-hydrogen) atoms. The molecule has 0 atom stereocenters. The van der Waals surface area contributed by atoms with Crippen LogP contribution in [0.3, 0.4) is 0 Å². The molecule has 1 aromatic carbocycles. The highest BCUT2D eigenvalue weighted by molar-refractivity contribution is 5.93. The van der Waals surface area contributed by atoms with Gasteiger partial charge >= 0.3 is 11.9 Å². The van der Waals surface area contributed by atoms with Gasteiger partial charge in [-0.25, -0.2) is 4.79 Å². The van der Waals surface area contributed by atoms with Crippen molar-refractivity contribution < 1.29 is 19.8 Å². The van der Waals surface area contributed by atoms with Crippen LogP contribution in [0.4, 0.5) is 0 Å². The second kappa shape index (κ2) is 4.56. The van der Waals surface area contributed by atoms with Crippen molar-refractivity contribution >= 4 is 22.7 Å². The van der Waals surface area contributed by atoms with E-state index in [0.717, 1.165) is 10.1 Å². The van der Waals surface area contributed by atoms with Gasteiger partial charge in [-0.2, -0.15) is 0 Å². The van der Waals surface area contributed by atoms with E-state index in [0.29, 0.717) is 10.8 Å². The van der Waals surface area contributed by atoms with Gasteiger partial charge in [0.1, 0.15) is 12.2 Å². The molecular formula is C13H11NO5. The molecule has 1 heterocycles. The average Bonchev–Trinajstić information content (AvgIpc) is 2.31. The summed E-state index contributed by atoms with van der Waals surface area (Å²) < 4.78 is 0.752. The third-order valence-electron chi connectivity index (χ3n) is 2.78. The molecule has 0 spiro atoms. The lowest BCUT2D eigenvalue weighted by Gasteiger charge is -2.09. The monoisotopic (exact) mass is 261 g/mol. The number of carboxylic acids is 2. The van der Waals surface area contributed by atoms with Gasteiger partial charge in [-0.1, -0.05) is 17.7 Å². The second-order valence-electron chi connectivity index (χ2n) is 4.21. The number of aliphatic carboxylic acids is 1. The smallest absolute Gasteiger partial charge is 0.352 e. The summed E-state index contributed by atoms with van der Waals surface area (Å²) in [5.41, 5.74) is -0.0537. The Morgan fingerprint density at radius 1 is 1.21 bits per heavy atom. The molecule has 0 radical (unpaired) electrons. The highest BCUT2D eigenvalue weighted by Crippen LogP contribution is 2.14. The van der Waals surface area contributed by atoms with Gasteiger partial charge in [0.25, 0.3) is 5.56 Å². The van der Waals surface area contributed by atoms with Crippen LogP contribution in [0, 0.1) is 6.92 Å². The molecule has 0 saturated carbocycles. The molecule has 98 valence electrons. The van der Waals surface area contributed by atoms with Crippen LogP contribution in [-0.4, -0.2) is 26.7 Å². The predicted octanol–water partition coefficient (Wildman–Crippen LogP) is 1.09. The van der Waals surface area contributed by atoms with Gasteiger partial charge in [0.15, 0.2) is 0 Å². The fraction of sp³-hybridized carbons (Fsp3) is 0.154. The minimum Gasteiger partial charge on any atom is -0.480 e. The standard InChI is InChI=1S/C13H11NO5/c1-7-2-3-9-8(4-7)5-10(13(18)19)14(12(9)17)6-11(15)16/h2-5H,6H2,1H3,(H,15,16)(H,18,19). The lowest BCUT2D eigenvalue weighted by Crippen LogP contribution is -2.29. The third kappa shape index (κ3) is 2.33. The Bertz CT molecular complexity index is 745. The van der Waals surface area contributed by atoms with E-state index in [9.17, 15) is 14.4 Å². The van der Waals surface area contributed by atoms with E-state index in [2.05, 4.69) is 0 Å². The number of pyridine rings is 1. The van der Waals surface area contributed by atoms with E-state index < -0.39 is 24.0 Å². The molecule has 0 saturated heterocycles. The molecule has 0 aliphatic carbocycles. The molecule has 2 rings (SSSR count). The number of nitrogens with zero attached hydrogens (tertiary/aromatic N) is 1. The molecule has 0 fully saturated rings. The molecule has 0 amide bonds. The van der Waals surface area contributed by atoms with Gasteiger partial charge in [-0.3, -0.25) is 14.2 Å². The van der Waals surface area contributed by atoms with Crippen molar-refractivity contribution in [2.24, 2.45) is 0 Å². The minimum atomic E-state index is -1.33. The maximum atomic E-state index is 12.1. The van der Waals surface area contributed by atoms with Gasteiger partial charge in [-0.15, -0.1) is 0 Å². The average molecular weight is 261 g/mol. The molecule has 0 unspecified atom stereocenters. The van der Waals surface area contributed by atoms with Crippen molar-refractivity contribution in [1.82, 2.24) is 4.57 Å². The van der Waals surface area contributed by atoms with Crippen LogP contribution >= 0.6 is 0 Å². The summed E-state index contributed by atoms with van der Waals surface area (Å²) in [6.45, 7) is 1.15. The van der Waals surface area contributed by atoms with Crippen LogP contribution in [0.5, 0.6) is 0 Å². The van der Waals surface area contributed by atoms with Gasteiger partial charge in [0.05, 0.1) is 0 Å². The maximum Gasteiger partial charge on any atom is 0.352 e. The molecule has 2 aromatic rings. The van der Waals surface area contributed by atoms with Crippen molar-refractivity contribution in [3.05, 3.63) is 45.9 Å². The van der Waals surface area contributed by atoms with Crippen LogP contribution in [-0.2, 0) is 11.3 Å². The lowest BCUT2D eigenvalue weighted by molar-refractivity contribution is -0.137. The van der Waals surface area contributed by atoms with Gasteiger partial charge < -0.3 is 10.2 Å². The zero-order valence-corrected chi connectivity index (χ0v) is 10.1. The number of carboxylic acid groups (broad SMARTS) is 2. The lowest BCUT2D eigenvalue weighted by atomic mass is 10.1. The summed E-state index contributed by atoms with van der Waals surface area (Å²) in [5, 5.41) is 18.6. The predicted molar refractivity (Wildman–Crippen MR) is 67.5 cm³/mol. The molecule has 0 aliphatic rings. The van der Waals surface area contributed by atoms with E-state index in [1.165, 1.54) is 6.07 Å².